The Morgan fingerprint density at radius 3 is 2.44 bits per heavy atom. The highest BCUT2D eigenvalue weighted by molar-refractivity contribution is 7.90. The number of nitrogens with zero attached hydrogens (tertiary/aromatic N) is 1. The van der Waals surface area contributed by atoms with Crippen molar-refractivity contribution in [1.82, 2.24) is 0 Å². The van der Waals surface area contributed by atoms with Gasteiger partial charge < -0.3 is 10.4 Å². The van der Waals surface area contributed by atoms with Gasteiger partial charge in [0.05, 0.1) is 15.5 Å². The summed E-state index contributed by atoms with van der Waals surface area (Å²) in [5.41, 5.74) is 0.851. The number of nitro benzene ring substituents is 1. The highest BCUT2D eigenvalue weighted by Gasteiger charge is 2.21. The molecule has 2 rings (SSSR count). The van der Waals surface area contributed by atoms with Crippen LogP contribution in [0, 0.1) is 10.1 Å². The number of nitro groups is 1. The minimum absolute atomic E-state index is 0.0916. The molecule has 0 fully saturated rings. The number of aliphatic carboxylic acids is 1. The standard InChI is InChI=1S/C18H20N2O6S/c1-27(25,26)17-12-15(20(23)24)8-9-16(17)19-14(7-10-18(21)22)11-13-5-3-2-4-6-13/h2-6,8-9,12,14,19H,7,10-11H2,1H3,(H,21,22). The van der Waals surface area contributed by atoms with E-state index >= 15 is 0 Å². The van der Waals surface area contributed by atoms with Crippen molar-refractivity contribution in [1.29, 1.82) is 0 Å². The molecule has 144 valence electrons. The fraction of sp³-hybridized carbons (Fsp3) is 0.278. The normalized spacial score (nSPS) is 12.3. The number of benzene rings is 2. The van der Waals surface area contributed by atoms with E-state index < -0.39 is 20.7 Å². The van der Waals surface area contributed by atoms with Crippen LogP contribution in [-0.4, -0.2) is 36.7 Å². The summed E-state index contributed by atoms with van der Waals surface area (Å²) >= 11 is 0. The van der Waals surface area contributed by atoms with Crippen molar-refractivity contribution in [2.75, 3.05) is 11.6 Å². The summed E-state index contributed by atoms with van der Waals surface area (Å²) in [5.74, 6) is -0.957. The number of hydrogen-bond acceptors (Lipinski definition) is 6. The number of anilines is 1. The molecule has 0 saturated heterocycles. The minimum Gasteiger partial charge on any atom is -0.481 e. The first kappa shape index (κ1) is 20.4. The SMILES string of the molecule is CS(=O)(=O)c1cc([N+](=O)[O-])ccc1NC(CCC(=O)O)Cc1ccccc1. The zero-order valence-electron chi connectivity index (χ0n) is 14.7. The molecule has 0 amide bonds. The molecular weight excluding hydrogens is 372 g/mol. The Morgan fingerprint density at radius 2 is 1.89 bits per heavy atom. The molecule has 0 saturated carbocycles. The second-order valence-electron chi connectivity index (χ2n) is 6.17. The van der Waals surface area contributed by atoms with E-state index in [1.165, 1.54) is 12.1 Å². The maximum absolute atomic E-state index is 12.1. The van der Waals surface area contributed by atoms with Crippen LogP contribution >= 0.6 is 0 Å². The van der Waals surface area contributed by atoms with Gasteiger partial charge in [-0.15, -0.1) is 0 Å². The molecule has 1 unspecified atom stereocenters. The van der Waals surface area contributed by atoms with Crippen molar-refractivity contribution >= 4 is 27.2 Å². The van der Waals surface area contributed by atoms with Crippen LogP contribution in [0.5, 0.6) is 0 Å². The predicted octanol–water partition coefficient (Wildman–Crippen LogP) is 2.89. The lowest BCUT2D eigenvalue weighted by molar-refractivity contribution is -0.385. The lowest BCUT2D eigenvalue weighted by Gasteiger charge is -2.21. The zero-order valence-corrected chi connectivity index (χ0v) is 15.5. The summed E-state index contributed by atoms with van der Waals surface area (Å²) in [6, 6.07) is 12.6. The molecule has 2 N–H and O–H groups in total. The average Bonchev–Trinajstić information content (AvgIpc) is 2.59. The third-order valence-electron chi connectivity index (χ3n) is 3.97. The van der Waals surface area contributed by atoms with Crippen LogP contribution in [0.3, 0.4) is 0 Å². The van der Waals surface area contributed by atoms with Gasteiger partial charge in [-0.25, -0.2) is 8.42 Å². The fourth-order valence-electron chi connectivity index (χ4n) is 2.69. The first-order valence-electron chi connectivity index (χ1n) is 8.17. The van der Waals surface area contributed by atoms with Crippen LogP contribution in [0.25, 0.3) is 0 Å². The van der Waals surface area contributed by atoms with Crippen molar-refractivity contribution in [2.45, 2.75) is 30.2 Å². The molecular formula is C18H20N2O6S. The molecule has 0 spiro atoms. The van der Waals surface area contributed by atoms with E-state index in [2.05, 4.69) is 5.32 Å². The van der Waals surface area contributed by atoms with E-state index in [4.69, 9.17) is 5.11 Å². The molecule has 1 atom stereocenters. The van der Waals surface area contributed by atoms with Gasteiger partial charge in [0, 0.05) is 30.9 Å². The number of carboxylic acids is 1. The van der Waals surface area contributed by atoms with E-state index in [-0.39, 0.29) is 35.2 Å². The highest BCUT2D eigenvalue weighted by atomic mass is 32.2. The predicted molar refractivity (Wildman–Crippen MR) is 101 cm³/mol. The van der Waals surface area contributed by atoms with Crippen molar-refractivity contribution < 1.29 is 23.2 Å². The number of carboxylic acid groups (broad SMARTS) is 1. The Morgan fingerprint density at radius 1 is 1.22 bits per heavy atom. The molecule has 0 aliphatic heterocycles. The summed E-state index contributed by atoms with van der Waals surface area (Å²) in [6.07, 6.45) is 1.63. The molecule has 0 aliphatic rings. The van der Waals surface area contributed by atoms with Gasteiger partial charge in [-0.1, -0.05) is 30.3 Å². The maximum atomic E-state index is 12.1. The van der Waals surface area contributed by atoms with E-state index in [0.717, 1.165) is 17.9 Å². The number of sulfone groups is 1. The van der Waals surface area contributed by atoms with Crippen molar-refractivity contribution in [3.05, 3.63) is 64.2 Å². The first-order valence-corrected chi connectivity index (χ1v) is 10.1. The first-order chi connectivity index (χ1) is 12.7. The van der Waals surface area contributed by atoms with Crippen LogP contribution < -0.4 is 5.32 Å². The summed E-state index contributed by atoms with van der Waals surface area (Å²) in [6.45, 7) is 0. The lowest BCUT2D eigenvalue weighted by Crippen LogP contribution is -2.24. The third kappa shape index (κ3) is 6.07. The molecule has 0 aromatic heterocycles. The molecule has 9 heteroatoms. The third-order valence-corrected chi connectivity index (χ3v) is 5.10. The van der Waals surface area contributed by atoms with Gasteiger partial charge in [-0.3, -0.25) is 14.9 Å². The Labute approximate surface area is 156 Å². The summed E-state index contributed by atoms with van der Waals surface area (Å²) in [5, 5.41) is 23.0. The van der Waals surface area contributed by atoms with Gasteiger partial charge in [-0.2, -0.15) is 0 Å². The molecule has 0 radical (unpaired) electrons. The molecule has 2 aromatic carbocycles. The van der Waals surface area contributed by atoms with Crippen molar-refractivity contribution in [2.24, 2.45) is 0 Å². The number of non-ortho nitro benzene ring substituents is 1. The second kappa shape index (κ2) is 8.63. The van der Waals surface area contributed by atoms with Crippen LogP contribution in [0.4, 0.5) is 11.4 Å². The summed E-state index contributed by atoms with van der Waals surface area (Å²) < 4.78 is 24.2. The zero-order chi connectivity index (χ0) is 20.0. The molecule has 0 aliphatic carbocycles. The number of rotatable bonds is 9. The smallest absolute Gasteiger partial charge is 0.303 e. The van der Waals surface area contributed by atoms with Crippen molar-refractivity contribution in [3.63, 3.8) is 0 Å². The van der Waals surface area contributed by atoms with Gasteiger partial charge in [0.15, 0.2) is 9.84 Å². The fourth-order valence-corrected chi connectivity index (χ4v) is 3.55. The number of nitrogens with one attached hydrogen (secondary N) is 1. The topological polar surface area (TPSA) is 127 Å². The molecule has 8 nitrogen and oxygen atoms in total. The van der Waals surface area contributed by atoms with E-state index in [1.807, 2.05) is 30.3 Å². The second-order valence-corrected chi connectivity index (χ2v) is 8.16. The number of hydrogen-bond donors (Lipinski definition) is 2. The van der Waals surface area contributed by atoms with Crippen LogP contribution in [-0.2, 0) is 21.1 Å². The lowest BCUT2D eigenvalue weighted by atomic mass is 10.0. The average molecular weight is 392 g/mol. The molecule has 27 heavy (non-hydrogen) atoms. The Kier molecular flexibility index (Phi) is 6.51. The van der Waals surface area contributed by atoms with E-state index in [0.29, 0.717) is 6.42 Å². The Balaban J connectivity index is 2.35. The van der Waals surface area contributed by atoms with Gasteiger partial charge in [0.2, 0.25) is 0 Å². The van der Waals surface area contributed by atoms with E-state index in [1.54, 1.807) is 0 Å². The van der Waals surface area contributed by atoms with Crippen LogP contribution in [0.1, 0.15) is 18.4 Å². The quantitative estimate of drug-likeness (QED) is 0.496. The van der Waals surface area contributed by atoms with Gasteiger partial charge >= 0.3 is 5.97 Å². The van der Waals surface area contributed by atoms with Gasteiger partial charge in [-0.05, 0) is 24.5 Å². The molecule has 0 heterocycles. The molecule has 0 bridgehead atoms. The maximum Gasteiger partial charge on any atom is 0.303 e. The van der Waals surface area contributed by atoms with Crippen molar-refractivity contribution in [3.8, 4) is 0 Å². The van der Waals surface area contributed by atoms with Gasteiger partial charge in [0.25, 0.3) is 5.69 Å². The minimum atomic E-state index is -3.72. The largest absolute Gasteiger partial charge is 0.481 e. The van der Waals surface area contributed by atoms with E-state index in [9.17, 15) is 23.3 Å². The Bertz CT molecular complexity index is 928. The summed E-state index contributed by atoms with van der Waals surface area (Å²) in [4.78, 5) is 21.1. The Hall–Kier alpha value is -2.94. The summed E-state index contributed by atoms with van der Waals surface area (Å²) in [7, 11) is -3.72. The van der Waals surface area contributed by atoms with Gasteiger partial charge in [0.1, 0.15) is 0 Å². The van der Waals surface area contributed by atoms with Crippen LogP contribution in [0.2, 0.25) is 0 Å². The number of carbonyl (C=O) groups is 1. The highest BCUT2D eigenvalue weighted by Crippen LogP contribution is 2.28. The monoisotopic (exact) mass is 392 g/mol. The molecule has 2 aromatic rings. The van der Waals surface area contributed by atoms with Crippen LogP contribution in [0.15, 0.2) is 53.4 Å².